The lowest BCUT2D eigenvalue weighted by atomic mass is 10.0. The van der Waals surface area contributed by atoms with Crippen LogP contribution < -0.4 is 9.80 Å². The van der Waals surface area contributed by atoms with E-state index < -0.39 is 0 Å². The second kappa shape index (κ2) is 5.69. The highest BCUT2D eigenvalue weighted by Gasteiger charge is 2.34. The van der Waals surface area contributed by atoms with E-state index in [1.165, 1.54) is 6.07 Å². The van der Waals surface area contributed by atoms with Gasteiger partial charge in [0.1, 0.15) is 5.82 Å². The van der Waals surface area contributed by atoms with Gasteiger partial charge in [0.05, 0.1) is 12.1 Å². The van der Waals surface area contributed by atoms with Crippen molar-refractivity contribution in [1.29, 1.82) is 0 Å². The largest absolute Gasteiger partial charge is 0.369 e. The number of carbonyl (C=O) groups is 1. The first-order chi connectivity index (χ1) is 11.2. The zero-order chi connectivity index (χ0) is 15.8. The zero-order valence-corrected chi connectivity index (χ0v) is 12.9. The van der Waals surface area contributed by atoms with Crippen LogP contribution in [0.1, 0.15) is 18.4 Å². The van der Waals surface area contributed by atoms with Gasteiger partial charge in [-0.25, -0.2) is 4.39 Å². The van der Waals surface area contributed by atoms with E-state index >= 15 is 0 Å². The maximum atomic E-state index is 13.9. The normalized spacial score (nSPS) is 18.4. The van der Waals surface area contributed by atoms with Crippen molar-refractivity contribution in [1.82, 2.24) is 0 Å². The molecule has 4 heteroatoms. The molecular weight excluding hydrogens is 291 g/mol. The van der Waals surface area contributed by atoms with Gasteiger partial charge in [-0.15, -0.1) is 0 Å². The number of amides is 1. The lowest BCUT2D eigenvalue weighted by molar-refractivity contribution is -0.117. The predicted octanol–water partition coefficient (Wildman–Crippen LogP) is 3.38. The SMILES string of the molecule is O=C1Cc2ccccc2N1C1CCN(c2ccccc2F)CC1. The van der Waals surface area contributed by atoms with Crippen LogP contribution in [0.4, 0.5) is 15.8 Å². The molecule has 0 aromatic heterocycles. The van der Waals surface area contributed by atoms with Crippen molar-refractivity contribution in [3.8, 4) is 0 Å². The minimum Gasteiger partial charge on any atom is -0.369 e. The molecule has 0 radical (unpaired) electrons. The third-order valence-corrected chi connectivity index (χ3v) is 4.88. The number of hydrogen-bond acceptors (Lipinski definition) is 2. The van der Waals surface area contributed by atoms with Gasteiger partial charge in [-0.05, 0) is 36.6 Å². The number of anilines is 2. The molecule has 0 unspecified atom stereocenters. The molecule has 4 rings (SSSR count). The molecule has 0 N–H and O–H groups in total. The zero-order valence-electron chi connectivity index (χ0n) is 12.9. The van der Waals surface area contributed by atoms with E-state index in [1.807, 2.05) is 41.3 Å². The Kier molecular flexibility index (Phi) is 3.52. The predicted molar refractivity (Wildman–Crippen MR) is 89.3 cm³/mol. The van der Waals surface area contributed by atoms with E-state index in [4.69, 9.17) is 0 Å². The summed E-state index contributed by atoms with van der Waals surface area (Å²) in [5.74, 6) is 0.0177. The summed E-state index contributed by atoms with van der Waals surface area (Å²) in [6.07, 6.45) is 2.24. The molecule has 2 aromatic rings. The molecule has 23 heavy (non-hydrogen) atoms. The Labute approximate surface area is 135 Å². The molecule has 3 nitrogen and oxygen atoms in total. The van der Waals surface area contributed by atoms with Crippen LogP contribution in [0.2, 0.25) is 0 Å². The average molecular weight is 310 g/mol. The Bertz CT molecular complexity index is 738. The van der Waals surface area contributed by atoms with E-state index in [0.29, 0.717) is 12.1 Å². The Morgan fingerprint density at radius 2 is 1.57 bits per heavy atom. The van der Waals surface area contributed by atoms with Crippen LogP contribution >= 0.6 is 0 Å². The number of hydrogen-bond donors (Lipinski definition) is 0. The van der Waals surface area contributed by atoms with Gasteiger partial charge in [0.2, 0.25) is 5.91 Å². The van der Waals surface area contributed by atoms with Crippen LogP contribution in [0.15, 0.2) is 48.5 Å². The minimum absolute atomic E-state index is 0.173. The summed E-state index contributed by atoms with van der Waals surface area (Å²) in [5.41, 5.74) is 2.84. The standard InChI is InChI=1S/C19H19FN2O/c20-16-6-2-4-8-18(16)21-11-9-15(10-12-21)22-17-7-3-1-5-14(17)13-19(22)23/h1-8,15H,9-13H2. The van der Waals surface area contributed by atoms with Crippen molar-refractivity contribution < 1.29 is 9.18 Å². The van der Waals surface area contributed by atoms with E-state index in [2.05, 4.69) is 4.90 Å². The molecule has 1 fully saturated rings. The van der Waals surface area contributed by atoms with Gasteiger partial charge in [-0.2, -0.15) is 0 Å². The Morgan fingerprint density at radius 1 is 0.913 bits per heavy atom. The van der Waals surface area contributed by atoms with Crippen LogP contribution in [-0.4, -0.2) is 25.0 Å². The number of nitrogens with zero attached hydrogens (tertiary/aromatic N) is 2. The number of benzene rings is 2. The fourth-order valence-corrected chi connectivity index (χ4v) is 3.75. The first-order valence-corrected chi connectivity index (χ1v) is 8.13. The molecule has 2 heterocycles. The van der Waals surface area contributed by atoms with Crippen LogP contribution in [0, 0.1) is 5.82 Å². The summed E-state index contributed by atoms with van der Waals surface area (Å²) in [6.45, 7) is 1.55. The summed E-state index contributed by atoms with van der Waals surface area (Å²) in [7, 11) is 0. The number of piperidine rings is 1. The van der Waals surface area contributed by atoms with Gasteiger partial charge in [0.15, 0.2) is 0 Å². The third-order valence-electron chi connectivity index (χ3n) is 4.88. The van der Waals surface area contributed by atoms with Crippen molar-refractivity contribution in [3.63, 3.8) is 0 Å². The number of fused-ring (bicyclic) bond motifs is 1. The van der Waals surface area contributed by atoms with Gasteiger partial charge in [0, 0.05) is 24.8 Å². The molecule has 2 aliphatic heterocycles. The molecule has 2 aromatic carbocycles. The molecule has 0 atom stereocenters. The van der Waals surface area contributed by atoms with Gasteiger partial charge < -0.3 is 9.80 Å². The fraction of sp³-hybridized carbons (Fsp3) is 0.316. The quantitative estimate of drug-likeness (QED) is 0.849. The fourth-order valence-electron chi connectivity index (χ4n) is 3.75. The highest BCUT2D eigenvalue weighted by atomic mass is 19.1. The van der Waals surface area contributed by atoms with Gasteiger partial charge in [-0.3, -0.25) is 4.79 Å². The molecule has 0 spiro atoms. The van der Waals surface area contributed by atoms with Crippen molar-refractivity contribution >= 4 is 17.3 Å². The van der Waals surface area contributed by atoms with Crippen LogP contribution in [0.5, 0.6) is 0 Å². The van der Waals surface area contributed by atoms with E-state index in [-0.39, 0.29) is 17.8 Å². The van der Waals surface area contributed by atoms with Crippen LogP contribution in [0.3, 0.4) is 0 Å². The average Bonchev–Trinajstić information content (AvgIpc) is 2.91. The highest BCUT2D eigenvalue weighted by molar-refractivity contribution is 6.01. The molecule has 0 aliphatic carbocycles. The van der Waals surface area contributed by atoms with E-state index in [1.54, 1.807) is 6.07 Å². The Balaban J connectivity index is 1.50. The summed E-state index contributed by atoms with van der Waals surface area (Å²) in [6, 6.07) is 15.2. The summed E-state index contributed by atoms with van der Waals surface area (Å²) >= 11 is 0. The number of halogens is 1. The molecule has 2 aliphatic rings. The monoisotopic (exact) mass is 310 g/mol. The second-order valence-corrected chi connectivity index (χ2v) is 6.24. The van der Waals surface area contributed by atoms with E-state index in [0.717, 1.165) is 37.2 Å². The van der Waals surface area contributed by atoms with Crippen molar-refractivity contribution in [2.24, 2.45) is 0 Å². The minimum atomic E-state index is -0.173. The molecular formula is C19H19FN2O. The number of rotatable bonds is 2. The van der Waals surface area contributed by atoms with Crippen LogP contribution in [-0.2, 0) is 11.2 Å². The molecule has 1 saturated heterocycles. The lowest BCUT2D eigenvalue weighted by Crippen LogP contribution is -2.46. The number of para-hydroxylation sites is 2. The molecule has 0 saturated carbocycles. The first-order valence-electron chi connectivity index (χ1n) is 8.13. The van der Waals surface area contributed by atoms with Gasteiger partial charge >= 0.3 is 0 Å². The van der Waals surface area contributed by atoms with Crippen molar-refractivity contribution in [2.45, 2.75) is 25.3 Å². The third kappa shape index (κ3) is 2.48. The van der Waals surface area contributed by atoms with Gasteiger partial charge in [0.25, 0.3) is 0 Å². The van der Waals surface area contributed by atoms with Crippen molar-refractivity contribution in [3.05, 3.63) is 59.9 Å². The summed E-state index contributed by atoms with van der Waals surface area (Å²) < 4.78 is 13.9. The summed E-state index contributed by atoms with van der Waals surface area (Å²) in [5, 5.41) is 0. The second-order valence-electron chi connectivity index (χ2n) is 6.24. The maximum absolute atomic E-state index is 13.9. The lowest BCUT2D eigenvalue weighted by Gasteiger charge is -2.38. The van der Waals surface area contributed by atoms with Crippen LogP contribution in [0.25, 0.3) is 0 Å². The smallest absolute Gasteiger partial charge is 0.231 e. The topological polar surface area (TPSA) is 23.6 Å². The summed E-state index contributed by atoms with van der Waals surface area (Å²) in [4.78, 5) is 16.4. The highest BCUT2D eigenvalue weighted by Crippen LogP contribution is 2.34. The molecule has 1 amide bonds. The Morgan fingerprint density at radius 3 is 2.30 bits per heavy atom. The van der Waals surface area contributed by atoms with E-state index in [9.17, 15) is 9.18 Å². The van der Waals surface area contributed by atoms with Gasteiger partial charge in [-0.1, -0.05) is 30.3 Å². The molecule has 0 bridgehead atoms. The van der Waals surface area contributed by atoms with Crippen molar-refractivity contribution in [2.75, 3.05) is 22.9 Å². The number of carbonyl (C=O) groups excluding carboxylic acids is 1. The maximum Gasteiger partial charge on any atom is 0.231 e. The first kappa shape index (κ1) is 14.2. The Hall–Kier alpha value is -2.36. The molecule has 118 valence electrons.